The molecule has 74 valence electrons. The number of alkyl halides is 3. The zero-order valence-electron chi connectivity index (χ0n) is 6.91. The SMILES string of the molecule is CCn1ccc([C@@H](O)C(F)(F)F)n1. The first-order chi connectivity index (χ1) is 5.95. The third kappa shape index (κ3) is 2.21. The van der Waals surface area contributed by atoms with Crippen LogP contribution in [0.2, 0.25) is 0 Å². The van der Waals surface area contributed by atoms with Crippen molar-refractivity contribution in [3.63, 3.8) is 0 Å². The van der Waals surface area contributed by atoms with Crippen LogP contribution in [-0.2, 0) is 6.54 Å². The lowest BCUT2D eigenvalue weighted by Gasteiger charge is -2.11. The van der Waals surface area contributed by atoms with Crippen molar-refractivity contribution in [2.75, 3.05) is 0 Å². The number of halogens is 3. The average Bonchev–Trinajstić information content (AvgIpc) is 2.48. The molecule has 1 rings (SSSR count). The molecule has 3 nitrogen and oxygen atoms in total. The van der Waals surface area contributed by atoms with Gasteiger partial charge in [0.1, 0.15) is 5.69 Å². The van der Waals surface area contributed by atoms with Crippen molar-refractivity contribution in [2.45, 2.75) is 25.7 Å². The summed E-state index contributed by atoms with van der Waals surface area (Å²) < 4.78 is 37.2. The number of aliphatic hydroxyl groups is 1. The molecule has 0 bridgehead atoms. The third-order valence-electron chi connectivity index (χ3n) is 1.58. The molecule has 0 aliphatic rings. The van der Waals surface area contributed by atoms with E-state index in [1.165, 1.54) is 10.9 Å². The highest BCUT2D eigenvalue weighted by Gasteiger charge is 2.40. The van der Waals surface area contributed by atoms with Gasteiger partial charge < -0.3 is 5.11 Å². The van der Waals surface area contributed by atoms with Crippen LogP contribution in [0.1, 0.15) is 18.7 Å². The summed E-state index contributed by atoms with van der Waals surface area (Å²) >= 11 is 0. The van der Waals surface area contributed by atoms with Crippen LogP contribution in [0.5, 0.6) is 0 Å². The van der Waals surface area contributed by atoms with Gasteiger partial charge >= 0.3 is 6.18 Å². The topological polar surface area (TPSA) is 38.0 Å². The van der Waals surface area contributed by atoms with Gasteiger partial charge in [0.05, 0.1) is 0 Å². The van der Waals surface area contributed by atoms with Gasteiger partial charge in [0.15, 0.2) is 6.10 Å². The van der Waals surface area contributed by atoms with Gasteiger partial charge in [-0.3, -0.25) is 4.68 Å². The van der Waals surface area contributed by atoms with Crippen LogP contribution in [-0.4, -0.2) is 21.1 Å². The molecule has 0 saturated carbocycles. The molecule has 1 aromatic heterocycles. The minimum absolute atomic E-state index is 0.366. The maximum atomic E-state index is 11.9. The Morgan fingerprint density at radius 2 is 2.23 bits per heavy atom. The number of rotatable bonds is 2. The standard InChI is InChI=1S/C7H9F3N2O/c1-2-12-4-3-5(11-12)6(13)7(8,9)10/h3-4,6,13H,2H2,1H3/t6-/m1/s1. The van der Waals surface area contributed by atoms with Crippen molar-refractivity contribution in [3.8, 4) is 0 Å². The van der Waals surface area contributed by atoms with Crippen LogP contribution in [0.4, 0.5) is 13.2 Å². The van der Waals surface area contributed by atoms with Crippen molar-refractivity contribution >= 4 is 0 Å². The van der Waals surface area contributed by atoms with Gasteiger partial charge in [-0.05, 0) is 13.0 Å². The van der Waals surface area contributed by atoms with Gasteiger partial charge in [0.25, 0.3) is 0 Å². The quantitative estimate of drug-likeness (QED) is 0.774. The Morgan fingerprint density at radius 1 is 1.62 bits per heavy atom. The maximum absolute atomic E-state index is 11.9. The van der Waals surface area contributed by atoms with Crippen LogP contribution in [0.25, 0.3) is 0 Å². The molecule has 0 aliphatic heterocycles. The van der Waals surface area contributed by atoms with E-state index in [0.717, 1.165) is 6.07 Å². The molecule has 0 spiro atoms. The molecule has 1 heterocycles. The Hall–Kier alpha value is -1.04. The summed E-state index contributed by atoms with van der Waals surface area (Å²) in [6.45, 7) is 2.22. The fraction of sp³-hybridized carbons (Fsp3) is 0.571. The van der Waals surface area contributed by atoms with Crippen LogP contribution >= 0.6 is 0 Å². The van der Waals surface area contributed by atoms with Crippen LogP contribution in [0, 0.1) is 0 Å². The summed E-state index contributed by atoms with van der Waals surface area (Å²) in [5.74, 6) is 0. The zero-order valence-corrected chi connectivity index (χ0v) is 6.91. The highest BCUT2D eigenvalue weighted by atomic mass is 19.4. The third-order valence-corrected chi connectivity index (χ3v) is 1.58. The predicted molar refractivity (Wildman–Crippen MR) is 38.9 cm³/mol. The molecular weight excluding hydrogens is 185 g/mol. The molecule has 6 heteroatoms. The van der Waals surface area contributed by atoms with Crippen LogP contribution in [0.3, 0.4) is 0 Å². The van der Waals surface area contributed by atoms with Crippen molar-refractivity contribution < 1.29 is 18.3 Å². The summed E-state index contributed by atoms with van der Waals surface area (Å²) in [6, 6.07) is 1.15. The van der Waals surface area contributed by atoms with Gasteiger partial charge in [-0.2, -0.15) is 18.3 Å². The van der Waals surface area contributed by atoms with Gasteiger partial charge in [0.2, 0.25) is 0 Å². The second-order valence-electron chi connectivity index (χ2n) is 2.54. The second kappa shape index (κ2) is 3.37. The van der Waals surface area contributed by atoms with Crippen LogP contribution < -0.4 is 0 Å². The number of hydrogen-bond donors (Lipinski definition) is 1. The summed E-state index contributed by atoms with van der Waals surface area (Å²) in [7, 11) is 0. The minimum atomic E-state index is -4.65. The van der Waals surface area contributed by atoms with E-state index >= 15 is 0 Å². The van der Waals surface area contributed by atoms with Gasteiger partial charge in [-0.25, -0.2) is 0 Å². The monoisotopic (exact) mass is 194 g/mol. The number of nitrogens with zero attached hydrogens (tertiary/aromatic N) is 2. The largest absolute Gasteiger partial charge is 0.420 e. The summed E-state index contributed by atoms with van der Waals surface area (Å²) in [6.07, 6.45) is -5.74. The van der Waals surface area contributed by atoms with E-state index in [4.69, 9.17) is 5.11 Å². The smallest absolute Gasteiger partial charge is 0.378 e. The van der Waals surface area contributed by atoms with Crippen LogP contribution in [0.15, 0.2) is 12.3 Å². The van der Waals surface area contributed by atoms with Crippen molar-refractivity contribution in [2.24, 2.45) is 0 Å². The molecule has 0 aliphatic carbocycles. The molecule has 0 amide bonds. The lowest BCUT2D eigenvalue weighted by atomic mass is 10.2. The summed E-state index contributed by atoms with van der Waals surface area (Å²) in [5, 5.41) is 12.3. The van der Waals surface area contributed by atoms with E-state index in [9.17, 15) is 13.2 Å². The van der Waals surface area contributed by atoms with Gasteiger partial charge in [-0.1, -0.05) is 0 Å². The first-order valence-electron chi connectivity index (χ1n) is 3.73. The number of hydrogen-bond acceptors (Lipinski definition) is 2. The molecule has 0 unspecified atom stereocenters. The first kappa shape index (κ1) is 10.0. The van der Waals surface area contributed by atoms with E-state index in [1.54, 1.807) is 6.92 Å². The molecule has 0 aromatic carbocycles. The average molecular weight is 194 g/mol. The summed E-state index contributed by atoms with van der Waals surface area (Å²) in [5.41, 5.74) is -0.366. The maximum Gasteiger partial charge on any atom is 0.420 e. The Kier molecular flexibility index (Phi) is 2.60. The molecule has 1 atom stereocenters. The number of aliphatic hydroxyl groups excluding tert-OH is 1. The number of aryl methyl sites for hydroxylation is 1. The van der Waals surface area contributed by atoms with E-state index in [1.807, 2.05) is 0 Å². The Bertz CT molecular complexity index is 282. The second-order valence-corrected chi connectivity index (χ2v) is 2.54. The van der Waals surface area contributed by atoms with Gasteiger partial charge in [-0.15, -0.1) is 0 Å². The highest BCUT2D eigenvalue weighted by molar-refractivity contribution is 5.04. The molecule has 1 N–H and O–H groups in total. The van der Waals surface area contributed by atoms with Crippen molar-refractivity contribution in [3.05, 3.63) is 18.0 Å². The molecule has 1 aromatic rings. The molecule has 0 fully saturated rings. The Labute approximate surface area is 72.8 Å². The fourth-order valence-electron chi connectivity index (χ4n) is 0.867. The van der Waals surface area contributed by atoms with Crippen molar-refractivity contribution in [1.82, 2.24) is 9.78 Å². The van der Waals surface area contributed by atoms with Crippen molar-refractivity contribution in [1.29, 1.82) is 0 Å². The Morgan fingerprint density at radius 3 is 2.62 bits per heavy atom. The number of aromatic nitrogens is 2. The highest BCUT2D eigenvalue weighted by Crippen LogP contribution is 2.31. The Balaban J connectivity index is 2.83. The summed E-state index contributed by atoms with van der Waals surface area (Å²) in [4.78, 5) is 0. The molecule has 13 heavy (non-hydrogen) atoms. The molecular formula is C7H9F3N2O. The van der Waals surface area contributed by atoms with E-state index < -0.39 is 12.3 Å². The zero-order chi connectivity index (χ0) is 10.1. The molecule has 0 radical (unpaired) electrons. The first-order valence-corrected chi connectivity index (χ1v) is 3.73. The van der Waals surface area contributed by atoms with E-state index in [0.29, 0.717) is 6.54 Å². The van der Waals surface area contributed by atoms with E-state index in [-0.39, 0.29) is 5.69 Å². The van der Waals surface area contributed by atoms with E-state index in [2.05, 4.69) is 5.10 Å². The predicted octanol–water partition coefficient (Wildman–Crippen LogP) is 1.50. The normalized spacial score (nSPS) is 14.5. The molecule has 0 saturated heterocycles. The fourth-order valence-corrected chi connectivity index (χ4v) is 0.867. The minimum Gasteiger partial charge on any atom is -0.378 e. The lowest BCUT2D eigenvalue weighted by molar-refractivity contribution is -0.208. The van der Waals surface area contributed by atoms with Gasteiger partial charge in [0, 0.05) is 12.7 Å². The lowest BCUT2D eigenvalue weighted by Crippen LogP contribution is -2.20.